The maximum Gasteiger partial charge on any atom is 0.318 e. The van der Waals surface area contributed by atoms with E-state index >= 15 is 0 Å². The van der Waals surface area contributed by atoms with Gasteiger partial charge in [-0.3, -0.25) is 4.90 Å². The predicted molar refractivity (Wildman–Crippen MR) is 94.2 cm³/mol. The number of morpholine rings is 1. The van der Waals surface area contributed by atoms with Crippen LogP contribution >= 0.6 is 0 Å². The fourth-order valence-electron chi connectivity index (χ4n) is 4.37. The monoisotopic (exact) mass is 347 g/mol. The van der Waals surface area contributed by atoms with Gasteiger partial charge in [-0.25, -0.2) is 9.78 Å². The number of imidazole rings is 1. The van der Waals surface area contributed by atoms with Gasteiger partial charge in [0.15, 0.2) is 0 Å². The van der Waals surface area contributed by atoms with E-state index in [1.807, 2.05) is 22.7 Å². The van der Waals surface area contributed by atoms with Crippen molar-refractivity contribution in [2.24, 2.45) is 12.5 Å². The molecule has 0 bridgehead atoms. The van der Waals surface area contributed by atoms with E-state index in [1.165, 1.54) is 12.8 Å². The summed E-state index contributed by atoms with van der Waals surface area (Å²) in [6, 6.07) is 0.0675. The van der Waals surface area contributed by atoms with Crippen LogP contribution in [0.5, 0.6) is 0 Å². The molecule has 1 unspecified atom stereocenters. The zero-order valence-corrected chi connectivity index (χ0v) is 15.5. The number of nitrogens with one attached hydrogen (secondary N) is 1. The summed E-state index contributed by atoms with van der Waals surface area (Å²) < 4.78 is 7.47. The lowest BCUT2D eigenvalue weighted by Gasteiger charge is -2.53. The molecule has 1 saturated carbocycles. The Morgan fingerprint density at radius 3 is 2.64 bits per heavy atom. The lowest BCUT2D eigenvalue weighted by molar-refractivity contribution is -0.0248. The first-order chi connectivity index (χ1) is 11.9. The Kier molecular flexibility index (Phi) is 4.03. The first-order valence-electron chi connectivity index (χ1n) is 9.27. The molecule has 1 atom stereocenters. The number of aryl methyl sites for hydroxylation is 1. The molecule has 25 heavy (non-hydrogen) atoms. The van der Waals surface area contributed by atoms with Crippen LogP contribution in [-0.4, -0.2) is 70.3 Å². The quantitative estimate of drug-likeness (QED) is 0.894. The highest BCUT2D eigenvalue weighted by Gasteiger charge is 2.52. The molecule has 1 aromatic heterocycles. The van der Waals surface area contributed by atoms with E-state index in [2.05, 4.69) is 29.0 Å². The molecule has 0 radical (unpaired) electrons. The highest BCUT2D eigenvalue weighted by Crippen LogP contribution is 2.48. The van der Waals surface area contributed by atoms with Crippen LogP contribution in [-0.2, 0) is 11.8 Å². The normalized spacial score (nSPS) is 27.6. The Hall–Kier alpha value is -1.60. The van der Waals surface area contributed by atoms with E-state index in [-0.39, 0.29) is 23.0 Å². The second kappa shape index (κ2) is 5.99. The van der Waals surface area contributed by atoms with Gasteiger partial charge in [0, 0.05) is 56.6 Å². The minimum Gasteiger partial charge on any atom is -0.379 e. The van der Waals surface area contributed by atoms with Gasteiger partial charge in [0.05, 0.1) is 19.3 Å². The number of hydrogen-bond donors (Lipinski definition) is 1. The number of carbonyl (C=O) groups excluding carboxylic acids is 1. The van der Waals surface area contributed by atoms with Crippen LogP contribution in [0.3, 0.4) is 0 Å². The highest BCUT2D eigenvalue weighted by molar-refractivity contribution is 5.76. The van der Waals surface area contributed by atoms with Crippen molar-refractivity contribution in [1.82, 2.24) is 24.7 Å². The minimum atomic E-state index is 0.0334. The summed E-state index contributed by atoms with van der Waals surface area (Å²) in [6.45, 7) is 9.45. The van der Waals surface area contributed by atoms with E-state index in [9.17, 15) is 4.79 Å². The Morgan fingerprint density at radius 2 is 2.08 bits per heavy atom. The van der Waals surface area contributed by atoms with Gasteiger partial charge < -0.3 is 19.5 Å². The number of ether oxygens (including phenoxy) is 1. The van der Waals surface area contributed by atoms with Gasteiger partial charge >= 0.3 is 6.03 Å². The number of aromatic nitrogens is 2. The Bertz CT molecular complexity index is 646. The largest absolute Gasteiger partial charge is 0.379 e. The van der Waals surface area contributed by atoms with Gasteiger partial charge in [0.2, 0.25) is 0 Å². The molecule has 2 saturated heterocycles. The molecule has 2 amide bonds. The van der Waals surface area contributed by atoms with Gasteiger partial charge in [-0.05, 0) is 12.8 Å². The average molecular weight is 347 g/mol. The van der Waals surface area contributed by atoms with Crippen molar-refractivity contribution in [1.29, 1.82) is 0 Å². The summed E-state index contributed by atoms with van der Waals surface area (Å²) in [5.41, 5.74) is 0.219. The van der Waals surface area contributed by atoms with Gasteiger partial charge in [-0.15, -0.1) is 0 Å². The molecular formula is C18H29N5O2. The van der Waals surface area contributed by atoms with Crippen LogP contribution in [0.1, 0.15) is 38.6 Å². The lowest BCUT2D eigenvalue weighted by Crippen LogP contribution is -2.62. The Morgan fingerprint density at radius 1 is 1.36 bits per heavy atom. The second-order valence-corrected chi connectivity index (χ2v) is 8.40. The van der Waals surface area contributed by atoms with E-state index in [0.29, 0.717) is 0 Å². The van der Waals surface area contributed by atoms with Crippen molar-refractivity contribution in [3.05, 3.63) is 18.2 Å². The standard InChI is InChI=1S/C18H29N5O2/c1-17(2)13-23(14(17)15-19-6-7-21(15)3)16(24)20-12-18(4-5-18)22-8-10-25-11-9-22/h6-7,14H,4-5,8-13H2,1-3H3,(H,20,24). The number of likely N-dealkylation sites (tertiary alicyclic amines) is 1. The van der Waals surface area contributed by atoms with Crippen molar-refractivity contribution < 1.29 is 9.53 Å². The number of urea groups is 1. The van der Waals surface area contributed by atoms with E-state index in [0.717, 1.165) is 45.2 Å². The van der Waals surface area contributed by atoms with Crippen molar-refractivity contribution in [2.45, 2.75) is 38.3 Å². The van der Waals surface area contributed by atoms with Crippen molar-refractivity contribution in [2.75, 3.05) is 39.4 Å². The molecule has 1 N–H and O–H groups in total. The van der Waals surface area contributed by atoms with Gasteiger partial charge in [0.25, 0.3) is 0 Å². The van der Waals surface area contributed by atoms with Crippen molar-refractivity contribution in [3.63, 3.8) is 0 Å². The summed E-state index contributed by atoms with van der Waals surface area (Å²) in [5.74, 6) is 0.959. The molecule has 0 spiro atoms. The maximum absolute atomic E-state index is 12.8. The van der Waals surface area contributed by atoms with E-state index < -0.39 is 0 Å². The van der Waals surface area contributed by atoms with Crippen LogP contribution in [0.4, 0.5) is 4.79 Å². The highest BCUT2D eigenvalue weighted by atomic mass is 16.5. The molecular weight excluding hydrogens is 318 g/mol. The molecule has 1 aromatic rings. The first-order valence-corrected chi connectivity index (χ1v) is 9.27. The third-order valence-electron chi connectivity index (χ3n) is 6.07. The van der Waals surface area contributed by atoms with Crippen LogP contribution in [0.2, 0.25) is 0 Å². The molecule has 1 aliphatic carbocycles. The molecule has 138 valence electrons. The summed E-state index contributed by atoms with van der Waals surface area (Å²) in [6.07, 6.45) is 6.08. The van der Waals surface area contributed by atoms with Crippen molar-refractivity contribution >= 4 is 6.03 Å². The smallest absolute Gasteiger partial charge is 0.318 e. The summed E-state index contributed by atoms with van der Waals surface area (Å²) in [5, 5.41) is 3.20. The third-order valence-corrected chi connectivity index (χ3v) is 6.07. The predicted octanol–water partition coefficient (Wildman–Crippen LogP) is 1.38. The number of carbonyl (C=O) groups is 1. The average Bonchev–Trinajstić information content (AvgIpc) is 3.29. The third kappa shape index (κ3) is 2.93. The first kappa shape index (κ1) is 16.8. The topological polar surface area (TPSA) is 62.6 Å². The van der Waals surface area contributed by atoms with E-state index in [4.69, 9.17) is 4.74 Å². The van der Waals surface area contributed by atoms with Gasteiger partial charge in [-0.1, -0.05) is 13.8 Å². The van der Waals surface area contributed by atoms with Gasteiger partial charge in [0.1, 0.15) is 5.82 Å². The zero-order valence-electron chi connectivity index (χ0n) is 15.5. The fourth-order valence-corrected chi connectivity index (χ4v) is 4.37. The van der Waals surface area contributed by atoms with Crippen LogP contribution in [0.15, 0.2) is 12.4 Å². The molecule has 0 aromatic carbocycles. The van der Waals surface area contributed by atoms with E-state index in [1.54, 1.807) is 6.20 Å². The molecule has 3 fully saturated rings. The fraction of sp³-hybridized carbons (Fsp3) is 0.778. The molecule has 2 aliphatic heterocycles. The maximum atomic E-state index is 12.8. The molecule has 7 nitrogen and oxygen atoms in total. The summed E-state index contributed by atoms with van der Waals surface area (Å²) >= 11 is 0. The van der Waals surface area contributed by atoms with Crippen LogP contribution in [0, 0.1) is 5.41 Å². The van der Waals surface area contributed by atoms with Crippen LogP contribution < -0.4 is 5.32 Å². The van der Waals surface area contributed by atoms with Gasteiger partial charge in [-0.2, -0.15) is 0 Å². The number of amides is 2. The zero-order chi connectivity index (χ0) is 17.7. The number of nitrogens with zero attached hydrogens (tertiary/aromatic N) is 4. The van der Waals surface area contributed by atoms with Crippen LogP contribution in [0.25, 0.3) is 0 Å². The lowest BCUT2D eigenvalue weighted by atomic mass is 9.74. The second-order valence-electron chi connectivity index (χ2n) is 8.40. The van der Waals surface area contributed by atoms with Crippen molar-refractivity contribution in [3.8, 4) is 0 Å². The molecule has 4 rings (SSSR count). The minimum absolute atomic E-state index is 0.0334. The Balaban J connectivity index is 1.39. The number of rotatable bonds is 4. The molecule has 3 heterocycles. The number of hydrogen-bond acceptors (Lipinski definition) is 4. The molecule has 7 heteroatoms. The SMILES string of the molecule is Cn1ccnc1C1N(C(=O)NCC2(N3CCOCC3)CC2)CC1(C)C. The Labute approximate surface area is 149 Å². The summed E-state index contributed by atoms with van der Waals surface area (Å²) in [7, 11) is 1.99. The summed E-state index contributed by atoms with van der Waals surface area (Å²) in [4.78, 5) is 21.7. The molecule has 3 aliphatic rings.